The molecule has 0 fully saturated rings. The topological polar surface area (TPSA) is 94.9 Å². The molecule has 1 N–H and O–H groups in total. The molecule has 0 saturated heterocycles. The minimum absolute atomic E-state index is 0.232. The summed E-state index contributed by atoms with van der Waals surface area (Å²) in [5.74, 6) is 2.19. The molecular weight excluding hydrogens is 652 g/mol. The molecule has 0 aliphatic carbocycles. The lowest BCUT2D eigenvalue weighted by Gasteiger charge is -2.12. The van der Waals surface area contributed by atoms with Gasteiger partial charge in [-0.3, -0.25) is 4.79 Å². The van der Waals surface area contributed by atoms with Gasteiger partial charge in [-0.25, -0.2) is 4.79 Å². The van der Waals surface area contributed by atoms with E-state index in [-0.39, 0.29) is 6.79 Å². The van der Waals surface area contributed by atoms with Crippen LogP contribution in [0.3, 0.4) is 0 Å². The van der Waals surface area contributed by atoms with Crippen molar-refractivity contribution < 1.29 is 14.2 Å². The van der Waals surface area contributed by atoms with Crippen molar-refractivity contribution >= 4 is 62.3 Å². The molecule has 0 atom stereocenters. The summed E-state index contributed by atoms with van der Waals surface area (Å²) < 4.78 is 19.4. The highest BCUT2D eigenvalue weighted by Gasteiger charge is 2.14. The zero-order valence-electron chi connectivity index (χ0n) is 16.9. The monoisotopic (exact) mass is 667 g/mol. The van der Waals surface area contributed by atoms with Crippen LogP contribution in [0, 0.1) is 7.14 Å². The van der Waals surface area contributed by atoms with Crippen molar-refractivity contribution in [2.75, 3.05) is 6.79 Å². The van der Waals surface area contributed by atoms with Crippen molar-refractivity contribution in [1.82, 2.24) is 9.66 Å². The number of halogens is 2. The van der Waals surface area contributed by atoms with Crippen LogP contribution in [-0.2, 0) is 6.61 Å². The van der Waals surface area contributed by atoms with Gasteiger partial charge < -0.3 is 19.2 Å². The van der Waals surface area contributed by atoms with Crippen LogP contribution in [0.5, 0.6) is 17.2 Å². The van der Waals surface area contributed by atoms with Crippen molar-refractivity contribution in [1.29, 1.82) is 0 Å². The molecule has 0 saturated carbocycles. The summed E-state index contributed by atoms with van der Waals surface area (Å²) in [6.07, 6.45) is 1.48. The molecule has 1 aliphatic rings. The van der Waals surface area contributed by atoms with Gasteiger partial charge in [0, 0.05) is 0 Å². The van der Waals surface area contributed by atoms with E-state index in [0.29, 0.717) is 23.3 Å². The lowest BCUT2D eigenvalue weighted by Crippen LogP contribution is -2.32. The normalized spacial score (nSPS) is 12.5. The van der Waals surface area contributed by atoms with Gasteiger partial charge in [-0.1, -0.05) is 18.2 Å². The van der Waals surface area contributed by atoms with E-state index in [0.717, 1.165) is 34.4 Å². The molecule has 1 aliphatic heterocycles. The highest BCUT2D eigenvalue weighted by atomic mass is 127. The Kier molecular flexibility index (Phi) is 6.10. The number of nitrogens with zero attached hydrogens (tertiary/aromatic N) is 2. The summed E-state index contributed by atoms with van der Waals surface area (Å²) in [7, 11) is 0. The standard InChI is InChI=1S/C23H15I2N3O5/c24-16-7-14(10-26-28-22(29)15-3-1-2-4-18(15)27-23(28)30)8-17(25)21(16)31-11-13-5-6-19-20(9-13)33-12-32-19/h1-10H,11-12H2,(H,27,30). The van der Waals surface area contributed by atoms with Crippen LogP contribution < -0.4 is 25.5 Å². The maximum atomic E-state index is 12.6. The Bertz CT molecular complexity index is 1500. The fourth-order valence-corrected chi connectivity index (χ4v) is 5.49. The van der Waals surface area contributed by atoms with Crippen LogP contribution in [0.4, 0.5) is 0 Å². The number of fused-ring (bicyclic) bond motifs is 2. The molecule has 0 bridgehead atoms. The van der Waals surface area contributed by atoms with Gasteiger partial charge in [-0.15, -0.1) is 4.68 Å². The van der Waals surface area contributed by atoms with Gasteiger partial charge in [0.1, 0.15) is 12.4 Å². The van der Waals surface area contributed by atoms with Gasteiger partial charge in [-0.2, -0.15) is 5.10 Å². The highest BCUT2D eigenvalue weighted by Crippen LogP contribution is 2.34. The second-order valence-corrected chi connectivity index (χ2v) is 9.45. The second-order valence-electron chi connectivity index (χ2n) is 7.13. The van der Waals surface area contributed by atoms with Gasteiger partial charge in [0.2, 0.25) is 6.79 Å². The van der Waals surface area contributed by atoms with Crippen LogP contribution in [0.15, 0.2) is 69.3 Å². The smallest absolute Gasteiger partial charge is 0.349 e. The first-order valence-corrected chi connectivity index (χ1v) is 11.9. The molecular formula is C23H15I2N3O5. The third kappa shape index (κ3) is 4.49. The van der Waals surface area contributed by atoms with E-state index in [4.69, 9.17) is 14.2 Å². The first-order valence-electron chi connectivity index (χ1n) is 9.78. The van der Waals surface area contributed by atoms with E-state index in [1.807, 2.05) is 30.3 Å². The largest absolute Gasteiger partial charge is 0.487 e. The molecule has 8 nitrogen and oxygen atoms in total. The lowest BCUT2D eigenvalue weighted by atomic mass is 10.2. The fourth-order valence-electron chi connectivity index (χ4n) is 3.36. The Hall–Kier alpha value is -2.87. The summed E-state index contributed by atoms with van der Waals surface area (Å²) in [5, 5.41) is 4.52. The molecule has 0 radical (unpaired) electrons. The van der Waals surface area contributed by atoms with E-state index in [9.17, 15) is 9.59 Å². The van der Waals surface area contributed by atoms with Crippen LogP contribution >= 0.6 is 45.2 Å². The van der Waals surface area contributed by atoms with Gasteiger partial charge in [0.15, 0.2) is 11.5 Å². The summed E-state index contributed by atoms with van der Waals surface area (Å²) in [6.45, 7) is 0.605. The highest BCUT2D eigenvalue weighted by molar-refractivity contribution is 14.1. The van der Waals surface area contributed by atoms with Crippen molar-refractivity contribution in [3.8, 4) is 17.2 Å². The molecule has 5 rings (SSSR count). The Labute approximate surface area is 214 Å². The van der Waals surface area contributed by atoms with Gasteiger partial charge in [0.25, 0.3) is 5.56 Å². The molecule has 2 heterocycles. The molecule has 1 aromatic heterocycles. The van der Waals surface area contributed by atoms with Crippen molar-refractivity contribution in [3.63, 3.8) is 0 Å². The Morgan fingerprint density at radius 1 is 1.03 bits per heavy atom. The Balaban J connectivity index is 1.38. The van der Waals surface area contributed by atoms with E-state index < -0.39 is 11.2 Å². The summed E-state index contributed by atoms with van der Waals surface area (Å²) in [5.41, 5.74) is 1.11. The molecule has 33 heavy (non-hydrogen) atoms. The third-order valence-corrected chi connectivity index (χ3v) is 6.55. The van der Waals surface area contributed by atoms with Crippen molar-refractivity contribution in [3.05, 3.63) is 93.7 Å². The number of rotatable bonds is 5. The number of aromatic amines is 1. The summed E-state index contributed by atoms with van der Waals surface area (Å²) in [6, 6.07) is 16.3. The number of hydrogen-bond donors (Lipinski definition) is 1. The van der Waals surface area contributed by atoms with Crippen molar-refractivity contribution in [2.45, 2.75) is 6.61 Å². The molecule has 0 spiro atoms. The lowest BCUT2D eigenvalue weighted by molar-refractivity contribution is 0.174. The number of H-pyrrole nitrogens is 1. The molecule has 166 valence electrons. The van der Waals surface area contributed by atoms with Gasteiger partial charge in [0.05, 0.1) is 24.3 Å². The predicted molar refractivity (Wildman–Crippen MR) is 141 cm³/mol. The number of hydrogen-bond acceptors (Lipinski definition) is 6. The Morgan fingerprint density at radius 2 is 1.79 bits per heavy atom. The fraction of sp³-hybridized carbons (Fsp3) is 0.0870. The van der Waals surface area contributed by atoms with Crippen LogP contribution in [0.2, 0.25) is 0 Å². The summed E-state index contributed by atoms with van der Waals surface area (Å²) >= 11 is 4.38. The quantitative estimate of drug-likeness (QED) is 0.256. The van der Waals surface area contributed by atoms with Gasteiger partial charge >= 0.3 is 5.69 Å². The van der Waals surface area contributed by atoms with Crippen molar-refractivity contribution in [2.24, 2.45) is 5.10 Å². The number of benzene rings is 3. The maximum Gasteiger partial charge on any atom is 0.349 e. The zero-order valence-corrected chi connectivity index (χ0v) is 21.2. The first-order chi connectivity index (χ1) is 16.0. The summed E-state index contributed by atoms with van der Waals surface area (Å²) in [4.78, 5) is 27.6. The third-order valence-electron chi connectivity index (χ3n) is 4.95. The number of para-hydroxylation sites is 1. The number of nitrogens with one attached hydrogen (secondary N) is 1. The van der Waals surface area contributed by atoms with Crippen LogP contribution in [0.25, 0.3) is 10.9 Å². The average Bonchev–Trinajstić information content (AvgIpc) is 3.26. The van der Waals surface area contributed by atoms with E-state index >= 15 is 0 Å². The Morgan fingerprint density at radius 3 is 2.61 bits per heavy atom. The van der Waals surface area contributed by atoms with E-state index in [1.165, 1.54) is 6.21 Å². The first kappa shape index (κ1) is 21.9. The minimum atomic E-state index is -0.594. The minimum Gasteiger partial charge on any atom is -0.487 e. The molecule has 4 aromatic rings. The van der Waals surface area contributed by atoms with Gasteiger partial charge in [-0.05, 0) is 92.7 Å². The molecule has 0 amide bonds. The van der Waals surface area contributed by atoms with E-state index in [2.05, 4.69) is 55.3 Å². The molecule has 3 aromatic carbocycles. The predicted octanol–water partition coefficient (Wildman–Crippen LogP) is 4.09. The SMILES string of the molecule is O=c1[nH]c2ccccc2c(=O)n1N=Cc1cc(I)c(OCc2ccc3c(c2)OCO3)c(I)c1. The second kappa shape index (κ2) is 9.17. The zero-order chi connectivity index (χ0) is 22.9. The van der Waals surface area contributed by atoms with E-state index in [1.54, 1.807) is 24.3 Å². The number of ether oxygens (including phenoxy) is 3. The van der Waals surface area contributed by atoms with Crippen LogP contribution in [0.1, 0.15) is 11.1 Å². The van der Waals surface area contributed by atoms with Crippen LogP contribution in [-0.4, -0.2) is 22.7 Å². The number of aromatic nitrogens is 2. The average molecular weight is 667 g/mol. The molecule has 10 heteroatoms. The molecule has 0 unspecified atom stereocenters. The maximum absolute atomic E-state index is 12.6.